The van der Waals surface area contributed by atoms with Gasteiger partial charge in [0.15, 0.2) is 4.84 Å². The van der Waals surface area contributed by atoms with E-state index >= 15 is 0 Å². The van der Waals surface area contributed by atoms with E-state index in [4.69, 9.17) is 23.2 Å². The van der Waals surface area contributed by atoms with Gasteiger partial charge >= 0.3 is 0 Å². The van der Waals surface area contributed by atoms with E-state index in [1.54, 1.807) is 13.0 Å². The minimum atomic E-state index is -1.10. The maximum Gasteiger partial charge on any atom is 0.260 e. The first-order valence-corrected chi connectivity index (χ1v) is 3.99. The fourth-order valence-corrected chi connectivity index (χ4v) is 0.708. The third kappa shape index (κ3) is 2.39. The normalized spacial score (nSPS) is 10.3. The van der Waals surface area contributed by atoms with E-state index in [0.29, 0.717) is 5.69 Å². The first kappa shape index (κ1) is 9.35. The lowest BCUT2D eigenvalue weighted by Gasteiger charge is -1.98. The molecule has 0 aliphatic carbocycles. The summed E-state index contributed by atoms with van der Waals surface area (Å²) in [4.78, 5) is 9.76. The van der Waals surface area contributed by atoms with Crippen LogP contribution >= 0.6 is 23.2 Å². The molecule has 0 atom stereocenters. The van der Waals surface area contributed by atoms with Crippen molar-refractivity contribution in [1.29, 1.82) is 0 Å². The van der Waals surface area contributed by atoms with Crippen molar-refractivity contribution in [2.24, 2.45) is 0 Å². The fraction of sp³-hybridized carbons (Fsp3) is 0.333. The Bertz CT molecular complexity index is 285. The summed E-state index contributed by atoms with van der Waals surface area (Å²) in [7, 11) is 0. The van der Waals surface area contributed by atoms with Crippen LogP contribution < -0.4 is 5.32 Å². The molecule has 1 heterocycles. The van der Waals surface area contributed by atoms with Crippen molar-refractivity contribution in [2.75, 3.05) is 5.32 Å². The summed E-state index contributed by atoms with van der Waals surface area (Å²) in [6.07, 6.45) is 0. The van der Waals surface area contributed by atoms with Gasteiger partial charge in [-0.05, 0) is 6.92 Å². The predicted molar refractivity (Wildman–Crippen MR) is 45.4 cm³/mol. The number of nitrogens with one attached hydrogen (secondary N) is 1. The van der Waals surface area contributed by atoms with Gasteiger partial charge in [0.1, 0.15) is 0 Å². The molecule has 0 saturated carbocycles. The SMILES string of the molecule is Cc1cc(NC(=O)C(Cl)Cl)on1. The van der Waals surface area contributed by atoms with Gasteiger partial charge in [-0.1, -0.05) is 28.4 Å². The highest BCUT2D eigenvalue weighted by atomic mass is 35.5. The molecule has 1 amide bonds. The van der Waals surface area contributed by atoms with Crippen LogP contribution in [0.4, 0.5) is 5.88 Å². The number of aromatic nitrogens is 1. The van der Waals surface area contributed by atoms with Gasteiger partial charge in [-0.2, -0.15) is 0 Å². The molecule has 1 rings (SSSR count). The third-order valence-electron chi connectivity index (χ3n) is 1.07. The summed E-state index contributed by atoms with van der Waals surface area (Å²) >= 11 is 10.6. The molecule has 0 fully saturated rings. The highest BCUT2D eigenvalue weighted by Crippen LogP contribution is 2.11. The highest BCUT2D eigenvalue weighted by Gasteiger charge is 2.13. The van der Waals surface area contributed by atoms with E-state index in [2.05, 4.69) is 15.0 Å². The quantitative estimate of drug-likeness (QED) is 0.754. The van der Waals surface area contributed by atoms with Crippen LogP contribution in [0.3, 0.4) is 0 Å². The van der Waals surface area contributed by atoms with E-state index in [1.807, 2.05) is 0 Å². The van der Waals surface area contributed by atoms with E-state index in [9.17, 15) is 4.79 Å². The lowest BCUT2D eigenvalue weighted by atomic mass is 10.5. The Morgan fingerprint density at radius 3 is 2.83 bits per heavy atom. The van der Waals surface area contributed by atoms with Crippen molar-refractivity contribution in [3.63, 3.8) is 0 Å². The van der Waals surface area contributed by atoms with Crippen molar-refractivity contribution in [2.45, 2.75) is 11.8 Å². The largest absolute Gasteiger partial charge is 0.338 e. The van der Waals surface area contributed by atoms with Gasteiger partial charge in [0.25, 0.3) is 5.91 Å². The van der Waals surface area contributed by atoms with E-state index < -0.39 is 10.7 Å². The zero-order valence-corrected chi connectivity index (χ0v) is 7.69. The molecule has 0 unspecified atom stereocenters. The van der Waals surface area contributed by atoms with Crippen LogP contribution in [0.5, 0.6) is 0 Å². The van der Waals surface area contributed by atoms with Crippen LogP contribution in [0.2, 0.25) is 0 Å². The van der Waals surface area contributed by atoms with Gasteiger partial charge in [0.05, 0.1) is 5.69 Å². The van der Waals surface area contributed by atoms with E-state index in [1.165, 1.54) is 0 Å². The van der Waals surface area contributed by atoms with Crippen LogP contribution in [-0.2, 0) is 4.79 Å². The maximum atomic E-state index is 10.9. The molecule has 0 bridgehead atoms. The molecule has 0 saturated heterocycles. The van der Waals surface area contributed by atoms with Crippen molar-refractivity contribution < 1.29 is 9.32 Å². The smallest absolute Gasteiger partial charge is 0.260 e. The second kappa shape index (κ2) is 3.78. The minimum Gasteiger partial charge on any atom is -0.338 e. The zero-order chi connectivity index (χ0) is 9.14. The lowest BCUT2D eigenvalue weighted by molar-refractivity contribution is -0.114. The molecule has 6 heteroatoms. The molecule has 0 aromatic carbocycles. The molecule has 12 heavy (non-hydrogen) atoms. The number of aryl methyl sites for hydroxylation is 1. The van der Waals surface area contributed by atoms with Crippen LogP contribution in [0.15, 0.2) is 10.6 Å². The standard InChI is InChI=1S/C6H6Cl2N2O2/c1-3-2-4(12-10-3)9-6(11)5(7)8/h2,5H,1H3,(H,9,11). The Morgan fingerprint density at radius 1 is 1.75 bits per heavy atom. The van der Waals surface area contributed by atoms with Gasteiger partial charge < -0.3 is 4.52 Å². The predicted octanol–water partition coefficient (Wildman–Crippen LogP) is 1.73. The Kier molecular flexibility index (Phi) is 2.94. The highest BCUT2D eigenvalue weighted by molar-refractivity contribution is 6.54. The number of alkyl halides is 2. The van der Waals surface area contributed by atoms with E-state index in [0.717, 1.165) is 0 Å². The van der Waals surface area contributed by atoms with Crippen molar-refractivity contribution >= 4 is 35.0 Å². The Labute approximate surface area is 78.8 Å². The molecular weight excluding hydrogens is 203 g/mol. The van der Waals surface area contributed by atoms with Gasteiger partial charge in [0.2, 0.25) is 5.88 Å². The van der Waals surface area contributed by atoms with Crippen LogP contribution in [0.25, 0.3) is 0 Å². The van der Waals surface area contributed by atoms with Gasteiger partial charge in [0, 0.05) is 6.07 Å². The summed E-state index contributed by atoms with van der Waals surface area (Å²) in [6, 6.07) is 1.56. The molecule has 1 N–H and O–H groups in total. The fourth-order valence-electron chi connectivity index (χ4n) is 0.598. The second-order valence-corrected chi connectivity index (χ2v) is 3.22. The molecule has 66 valence electrons. The van der Waals surface area contributed by atoms with E-state index in [-0.39, 0.29) is 5.88 Å². The summed E-state index contributed by atoms with van der Waals surface area (Å²) in [5.41, 5.74) is 0.672. The lowest BCUT2D eigenvalue weighted by Crippen LogP contribution is -2.17. The molecule has 4 nitrogen and oxygen atoms in total. The molecule has 1 aromatic heterocycles. The van der Waals surface area contributed by atoms with Gasteiger partial charge in [-0.25, -0.2) is 0 Å². The third-order valence-corrected chi connectivity index (χ3v) is 1.47. The second-order valence-electron chi connectivity index (χ2n) is 2.12. The number of carbonyl (C=O) groups is 1. The molecule has 1 aromatic rings. The van der Waals surface area contributed by atoms with Crippen molar-refractivity contribution in [3.8, 4) is 0 Å². The number of nitrogens with zero attached hydrogens (tertiary/aromatic N) is 1. The Hall–Kier alpha value is -0.740. The van der Waals surface area contributed by atoms with Crippen molar-refractivity contribution in [1.82, 2.24) is 5.16 Å². The molecule has 0 aliphatic rings. The molecule has 0 spiro atoms. The minimum absolute atomic E-state index is 0.240. The molecule has 0 aliphatic heterocycles. The van der Waals surface area contributed by atoms with Gasteiger partial charge in [-0.3, -0.25) is 10.1 Å². The summed E-state index contributed by atoms with van der Waals surface area (Å²) in [6.45, 7) is 1.73. The first-order valence-electron chi connectivity index (χ1n) is 3.12. The van der Waals surface area contributed by atoms with Crippen LogP contribution in [-0.4, -0.2) is 15.9 Å². The maximum absolute atomic E-state index is 10.9. The zero-order valence-electron chi connectivity index (χ0n) is 6.17. The monoisotopic (exact) mass is 208 g/mol. The molecular formula is C6H6Cl2N2O2. The topological polar surface area (TPSA) is 55.1 Å². The average molecular weight is 209 g/mol. The number of anilines is 1. The molecule has 0 radical (unpaired) electrons. The average Bonchev–Trinajstić information content (AvgIpc) is 2.35. The number of amides is 1. The Balaban J connectivity index is 2.58. The number of halogens is 2. The first-order chi connectivity index (χ1) is 5.59. The van der Waals surface area contributed by atoms with Crippen LogP contribution in [0, 0.1) is 6.92 Å². The van der Waals surface area contributed by atoms with Gasteiger partial charge in [-0.15, -0.1) is 0 Å². The summed E-state index contributed by atoms with van der Waals surface area (Å²) in [5.74, 6) is -0.293. The Morgan fingerprint density at radius 2 is 2.42 bits per heavy atom. The van der Waals surface area contributed by atoms with Crippen LogP contribution in [0.1, 0.15) is 5.69 Å². The number of rotatable bonds is 2. The summed E-state index contributed by atoms with van der Waals surface area (Å²) in [5, 5.41) is 5.88. The van der Waals surface area contributed by atoms with Crippen molar-refractivity contribution in [3.05, 3.63) is 11.8 Å². The number of hydrogen-bond donors (Lipinski definition) is 1. The summed E-state index contributed by atoms with van der Waals surface area (Å²) < 4.78 is 4.69. The number of hydrogen-bond acceptors (Lipinski definition) is 3. The number of carbonyl (C=O) groups excluding carboxylic acids is 1.